The monoisotopic (exact) mass is 287 g/mol. The van der Waals surface area contributed by atoms with Gasteiger partial charge in [-0.05, 0) is 63.5 Å². The molecule has 3 atom stereocenters. The van der Waals surface area contributed by atoms with Gasteiger partial charge in [0.05, 0.1) is 0 Å². The zero-order valence-corrected chi connectivity index (χ0v) is 13.2. The second-order valence-electron chi connectivity index (χ2n) is 6.93. The van der Waals surface area contributed by atoms with E-state index in [2.05, 4.69) is 47.7 Å². The molecule has 116 valence electrons. The number of fused-ring (bicyclic) bond motifs is 2. The van der Waals surface area contributed by atoms with Crippen LogP contribution in [-0.2, 0) is 6.42 Å². The Labute approximate surface area is 128 Å². The third-order valence-corrected chi connectivity index (χ3v) is 5.74. The molecule has 0 amide bonds. The van der Waals surface area contributed by atoms with Crippen molar-refractivity contribution < 1.29 is 0 Å². The molecular formula is C18H29N3. The first kappa shape index (κ1) is 15.0. The summed E-state index contributed by atoms with van der Waals surface area (Å²) in [5.74, 6) is 6.63. The molecule has 2 aliphatic heterocycles. The Bertz CT molecular complexity index is 419. The molecule has 21 heavy (non-hydrogen) atoms. The lowest BCUT2D eigenvalue weighted by Gasteiger charge is -2.39. The SMILES string of the molecule is CN1C2CCC1CC(C(CCCc1ccccc1)NN)C2. The maximum absolute atomic E-state index is 5.87. The molecule has 0 spiro atoms. The fourth-order valence-electron chi connectivity index (χ4n) is 4.41. The molecule has 2 bridgehead atoms. The van der Waals surface area contributed by atoms with Crippen molar-refractivity contribution in [1.29, 1.82) is 0 Å². The van der Waals surface area contributed by atoms with E-state index in [1.165, 1.54) is 50.5 Å². The standard InChI is InChI=1S/C18H29N3/c1-21-16-10-11-17(21)13-15(12-16)18(20-19)9-5-8-14-6-3-2-4-7-14/h2-4,6-7,15-18,20H,5,8-13,19H2,1H3. The predicted octanol–water partition coefficient (Wildman–Crippen LogP) is 2.71. The largest absolute Gasteiger partial charge is 0.300 e. The van der Waals surface area contributed by atoms with Gasteiger partial charge in [-0.2, -0.15) is 0 Å². The summed E-state index contributed by atoms with van der Waals surface area (Å²) >= 11 is 0. The number of piperidine rings is 1. The first-order valence-electron chi connectivity index (χ1n) is 8.50. The van der Waals surface area contributed by atoms with Crippen LogP contribution < -0.4 is 11.3 Å². The fraction of sp³-hybridized carbons (Fsp3) is 0.667. The Kier molecular flexibility index (Phi) is 4.94. The number of hydrazine groups is 1. The molecule has 2 heterocycles. The highest BCUT2D eigenvalue weighted by molar-refractivity contribution is 5.14. The number of rotatable bonds is 6. The summed E-state index contributed by atoms with van der Waals surface area (Å²) in [7, 11) is 2.30. The van der Waals surface area contributed by atoms with E-state index in [9.17, 15) is 0 Å². The minimum absolute atomic E-state index is 0.491. The van der Waals surface area contributed by atoms with Crippen LogP contribution in [0.5, 0.6) is 0 Å². The van der Waals surface area contributed by atoms with Crippen LogP contribution in [0.3, 0.4) is 0 Å². The van der Waals surface area contributed by atoms with Crippen LogP contribution in [0.2, 0.25) is 0 Å². The average molecular weight is 287 g/mol. The summed E-state index contributed by atoms with van der Waals surface area (Å²) in [6.45, 7) is 0. The van der Waals surface area contributed by atoms with Crippen LogP contribution >= 0.6 is 0 Å². The average Bonchev–Trinajstić information content (AvgIpc) is 2.74. The van der Waals surface area contributed by atoms with Crippen molar-refractivity contribution in [2.75, 3.05) is 7.05 Å². The zero-order valence-electron chi connectivity index (χ0n) is 13.2. The van der Waals surface area contributed by atoms with Crippen LogP contribution in [0, 0.1) is 5.92 Å². The Morgan fingerprint density at radius 2 is 1.86 bits per heavy atom. The number of aryl methyl sites for hydroxylation is 1. The highest BCUT2D eigenvalue weighted by atomic mass is 15.2. The van der Waals surface area contributed by atoms with Gasteiger partial charge in [0.25, 0.3) is 0 Å². The molecule has 0 aromatic heterocycles. The molecule has 1 aromatic carbocycles. The van der Waals surface area contributed by atoms with Crippen molar-refractivity contribution in [2.24, 2.45) is 11.8 Å². The van der Waals surface area contributed by atoms with Gasteiger partial charge < -0.3 is 4.90 Å². The first-order valence-corrected chi connectivity index (χ1v) is 8.50. The third-order valence-electron chi connectivity index (χ3n) is 5.74. The lowest BCUT2D eigenvalue weighted by molar-refractivity contribution is 0.109. The van der Waals surface area contributed by atoms with Gasteiger partial charge in [-0.25, -0.2) is 0 Å². The molecule has 2 saturated heterocycles. The quantitative estimate of drug-likeness (QED) is 0.624. The molecule has 3 N–H and O–H groups in total. The normalized spacial score (nSPS) is 30.5. The summed E-state index contributed by atoms with van der Waals surface area (Å²) in [5, 5.41) is 0. The van der Waals surface area contributed by atoms with Gasteiger partial charge in [0.2, 0.25) is 0 Å². The summed E-state index contributed by atoms with van der Waals surface area (Å²) in [5.41, 5.74) is 4.56. The van der Waals surface area contributed by atoms with Crippen LogP contribution in [0.4, 0.5) is 0 Å². The van der Waals surface area contributed by atoms with Crippen molar-refractivity contribution in [3.63, 3.8) is 0 Å². The minimum atomic E-state index is 0.491. The van der Waals surface area contributed by atoms with Crippen molar-refractivity contribution in [3.8, 4) is 0 Å². The molecule has 3 unspecified atom stereocenters. The summed E-state index contributed by atoms with van der Waals surface area (Å²) in [4.78, 5) is 2.61. The number of nitrogens with one attached hydrogen (secondary N) is 1. The lowest BCUT2D eigenvalue weighted by Crippen LogP contribution is -2.48. The zero-order chi connectivity index (χ0) is 14.7. The maximum atomic E-state index is 5.87. The number of nitrogens with two attached hydrogens (primary N) is 1. The summed E-state index contributed by atoms with van der Waals surface area (Å²) in [6.07, 6.45) is 9.01. The third kappa shape index (κ3) is 3.47. The summed E-state index contributed by atoms with van der Waals surface area (Å²) in [6, 6.07) is 12.9. The highest BCUT2D eigenvalue weighted by Crippen LogP contribution is 2.39. The minimum Gasteiger partial charge on any atom is -0.300 e. The summed E-state index contributed by atoms with van der Waals surface area (Å²) < 4.78 is 0. The van der Waals surface area contributed by atoms with Crippen molar-refractivity contribution in [3.05, 3.63) is 35.9 Å². The van der Waals surface area contributed by atoms with E-state index < -0.39 is 0 Å². The van der Waals surface area contributed by atoms with Crippen molar-refractivity contribution >= 4 is 0 Å². The molecule has 3 nitrogen and oxygen atoms in total. The van der Waals surface area contributed by atoms with E-state index in [1.807, 2.05) is 0 Å². The van der Waals surface area contributed by atoms with E-state index in [-0.39, 0.29) is 0 Å². The number of hydrogen-bond donors (Lipinski definition) is 2. The Hall–Kier alpha value is -0.900. The molecule has 2 fully saturated rings. The van der Waals surface area contributed by atoms with E-state index >= 15 is 0 Å². The number of nitrogens with zero attached hydrogens (tertiary/aromatic N) is 1. The molecule has 3 rings (SSSR count). The molecule has 0 saturated carbocycles. The predicted molar refractivity (Wildman–Crippen MR) is 87.8 cm³/mol. The molecule has 3 heteroatoms. The number of hydrogen-bond acceptors (Lipinski definition) is 3. The molecule has 2 aliphatic rings. The van der Waals surface area contributed by atoms with E-state index in [1.54, 1.807) is 0 Å². The number of benzene rings is 1. The Morgan fingerprint density at radius 1 is 1.19 bits per heavy atom. The van der Waals surface area contributed by atoms with Crippen LogP contribution in [0.15, 0.2) is 30.3 Å². The van der Waals surface area contributed by atoms with Gasteiger partial charge >= 0.3 is 0 Å². The second-order valence-corrected chi connectivity index (χ2v) is 6.93. The van der Waals surface area contributed by atoms with Gasteiger partial charge in [-0.1, -0.05) is 30.3 Å². The van der Waals surface area contributed by atoms with Crippen molar-refractivity contribution in [1.82, 2.24) is 10.3 Å². The van der Waals surface area contributed by atoms with Gasteiger partial charge in [-0.3, -0.25) is 11.3 Å². The fourth-order valence-corrected chi connectivity index (χ4v) is 4.41. The van der Waals surface area contributed by atoms with Crippen LogP contribution in [0.1, 0.15) is 44.1 Å². The molecule has 0 radical (unpaired) electrons. The van der Waals surface area contributed by atoms with Crippen LogP contribution in [0.25, 0.3) is 0 Å². The molecule has 1 aromatic rings. The molecule has 0 aliphatic carbocycles. The van der Waals surface area contributed by atoms with E-state index in [0.29, 0.717) is 6.04 Å². The topological polar surface area (TPSA) is 41.3 Å². The van der Waals surface area contributed by atoms with Gasteiger partial charge in [-0.15, -0.1) is 0 Å². The van der Waals surface area contributed by atoms with Gasteiger partial charge in [0.1, 0.15) is 0 Å². The second kappa shape index (κ2) is 6.91. The van der Waals surface area contributed by atoms with Crippen LogP contribution in [-0.4, -0.2) is 30.1 Å². The van der Waals surface area contributed by atoms with Crippen molar-refractivity contribution in [2.45, 2.75) is 63.1 Å². The Morgan fingerprint density at radius 3 is 2.48 bits per heavy atom. The van der Waals surface area contributed by atoms with Gasteiger partial charge in [0, 0.05) is 18.1 Å². The van der Waals surface area contributed by atoms with Gasteiger partial charge in [0.15, 0.2) is 0 Å². The molecular weight excluding hydrogens is 258 g/mol. The smallest absolute Gasteiger partial charge is 0.0240 e. The highest BCUT2D eigenvalue weighted by Gasteiger charge is 2.40. The lowest BCUT2D eigenvalue weighted by atomic mass is 9.83. The van der Waals surface area contributed by atoms with E-state index in [0.717, 1.165) is 18.0 Å². The Balaban J connectivity index is 1.49. The van der Waals surface area contributed by atoms with E-state index in [4.69, 9.17) is 5.84 Å². The first-order chi connectivity index (χ1) is 10.3. The maximum Gasteiger partial charge on any atom is 0.0240 e.